The fourth-order valence-electron chi connectivity index (χ4n) is 3.02. The van der Waals surface area contributed by atoms with Crippen molar-refractivity contribution in [3.05, 3.63) is 96.1 Å². The third-order valence-corrected chi connectivity index (χ3v) is 4.57. The van der Waals surface area contributed by atoms with Gasteiger partial charge in [0.2, 0.25) is 0 Å². The average molecular weight is 415 g/mol. The van der Waals surface area contributed by atoms with E-state index < -0.39 is 6.09 Å². The summed E-state index contributed by atoms with van der Waals surface area (Å²) >= 11 is 0. The van der Waals surface area contributed by atoms with Gasteiger partial charge in [-0.2, -0.15) is 0 Å². The largest absolute Gasteiger partial charge is 0.486 e. The number of ether oxygens (including phenoxy) is 2. The molecule has 0 N–H and O–H groups in total. The fraction of sp³-hybridized carbons (Fsp3) is 0.154. The molecule has 0 aromatic heterocycles. The second-order valence-electron chi connectivity index (χ2n) is 6.95. The zero-order valence-electron chi connectivity index (χ0n) is 17.7. The summed E-state index contributed by atoms with van der Waals surface area (Å²) in [5, 5.41) is 0. The molecule has 3 aromatic carbocycles. The van der Waals surface area contributed by atoms with Gasteiger partial charge in [-0.05, 0) is 61.4 Å². The molecule has 0 aliphatic heterocycles. The van der Waals surface area contributed by atoms with Crippen LogP contribution in [-0.4, -0.2) is 25.1 Å². The number of carbonyl (C=O) groups is 2. The first-order chi connectivity index (χ1) is 15.1. The van der Waals surface area contributed by atoms with Gasteiger partial charge in [-0.1, -0.05) is 54.6 Å². The average Bonchev–Trinajstić information content (AvgIpc) is 2.78. The topological polar surface area (TPSA) is 55.8 Å². The van der Waals surface area contributed by atoms with Gasteiger partial charge < -0.3 is 9.47 Å². The molecule has 0 spiro atoms. The maximum absolute atomic E-state index is 12.8. The van der Waals surface area contributed by atoms with Crippen LogP contribution < -0.4 is 9.64 Å². The third kappa shape index (κ3) is 6.06. The normalized spacial score (nSPS) is 10.6. The van der Waals surface area contributed by atoms with Crippen LogP contribution in [-0.2, 0) is 9.53 Å². The number of Topliss-reactive ketones (excluding diaryl/α,β-unsaturated/α-hetero) is 1. The number of hydrogen-bond acceptors (Lipinski definition) is 4. The van der Waals surface area contributed by atoms with Gasteiger partial charge in [0, 0.05) is 0 Å². The van der Waals surface area contributed by atoms with Crippen LogP contribution in [0, 0.1) is 6.92 Å². The van der Waals surface area contributed by atoms with Gasteiger partial charge in [0.1, 0.15) is 19.0 Å². The lowest BCUT2D eigenvalue weighted by molar-refractivity contribution is -0.118. The van der Waals surface area contributed by atoms with Gasteiger partial charge in [-0.25, -0.2) is 9.69 Å². The number of nitrogens with zero attached hydrogens (tertiary/aromatic N) is 1. The first-order valence-electron chi connectivity index (χ1n) is 10.0. The van der Waals surface area contributed by atoms with E-state index in [1.54, 1.807) is 6.08 Å². The molecule has 0 bridgehead atoms. The van der Waals surface area contributed by atoms with Crippen molar-refractivity contribution in [2.24, 2.45) is 0 Å². The Labute approximate surface area is 182 Å². The SMILES string of the molecule is CC(=O)COc1cccc(/C=C\COC(=O)N(c2ccccc2)c2ccccc2)c1C. The van der Waals surface area contributed by atoms with Crippen molar-refractivity contribution < 1.29 is 19.1 Å². The molecule has 3 aromatic rings. The highest BCUT2D eigenvalue weighted by atomic mass is 16.6. The van der Waals surface area contributed by atoms with Crippen LogP contribution in [0.5, 0.6) is 5.75 Å². The summed E-state index contributed by atoms with van der Waals surface area (Å²) in [5.74, 6) is 0.627. The monoisotopic (exact) mass is 415 g/mol. The number of amides is 1. The van der Waals surface area contributed by atoms with E-state index in [-0.39, 0.29) is 19.0 Å². The third-order valence-electron chi connectivity index (χ3n) is 4.57. The Morgan fingerprint density at radius 2 is 1.48 bits per heavy atom. The quantitative estimate of drug-likeness (QED) is 0.456. The predicted molar refractivity (Wildman–Crippen MR) is 123 cm³/mol. The summed E-state index contributed by atoms with van der Waals surface area (Å²) < 4.78 is 11.0. The summed E-state index contributed by atoms with van der Waals surface area (Å²) in [6, 6.07) is 24.4. The smallest absolute Gasteiger partial charge is 0.419 e. The summed E-state index contributed by atoms with van der Waals surface area (Å²) in [6.07, 6.45) is 3.19. The van der Waals surface area contributed by atoms with E-state index >= 15 is 0 Å². The van der Waals surface area contributed by atoms with E-state index in [2.05, 4.69) is 0 Å². The molecule has 1 amide bonds. The van der Waals surface area contributed by atoms with Crippen LogP contribution in [0.4, 0.5) is 16.2 Å². The Morgan fingerprint density at radius 1 is 0.871 bits per heavy atom. The van der Waals surface area contributed by atoms with E-state index in [1.807, 2.05) is 91.9 Å². The van der Waals surface area contributed by atoms with E-state index in [4.69, 9.17) is 9.47 Å². The molecule has 0 saturated carbocycles. The first-order valence-corrected chi connectivity index (χ1v) is 10.0. The van der Waals surface area contributed by atoms with Crippen LogP contribution >= 0.6 is 0 Å². The molecular weight excluding hydrogens is 390 g/mol. The molecule has 5 heteroatoms. The van der Waals surface area contributed by atoms with Crippen molar-refractivity contribution in [2.45, 2.75) is 13.8 Å². The Hall–Kier alpha value is -3.86. The highest BCUT2D eigenvalue weighted by Crippen LogP contribution is 2.26. The van der Waals surface area contributed by atoms with E-state index in [0.717, 1.165) is 22.5 Å². The highest BCUT2D eigenvalue weighted by Gasteiger charge is 2.18. The molecule has 0 heterocycles. The van der Waals surface area contributed by atoms with Gasteiger partial charge in [0.05, 0.1) is 11.4 Å². The molecule has 0 radical (unpaired) electrons. The fourth-order valence-corrected chi connectivity index (χ4v) is 3.02. The van der Waals surface area contributed by atoms with Crippen molar-refractivity contribution in [3.63, 3.8) is 0 Å². The van der Waals surface area contributed by atoms with Crippen LogP contribution in [0.3, 0.4) is 0 Å². The van der Waals surface area contributed by atoms with Crippen LogP contribution in [0.25, 0.3) is 6.08 Å². The summed E-state index contributed by atoms with van der Waals surface area (Å²) in [5.41, 5.74) is 3.31. The van der Waals surface area contributed by atoms with Gasteiger partial charge in [-0.3, -0.25) is 4.79 Å². The molecule has 0 saturated heterocycles. The molecule has 0 fully saturated rings. The molecule has 0 unspecified atom stereocenters. The van der Waals surface area contributed by atoms with Gasteiger partial charge >= 0.3 is 6.09 Å². The molecule has 5 nitrogen and oxygen atoms in total. The number of hydrogen-bond donors (Lipinski definition) is 0. The van der Waals surface area contributed by atoms with Crippen molar-refractivity contribution in [1.29, 1.82) is 0 Å². The van der Waals surface area contributed by atoms with Gasteiger partial charge in [-0.15, -0.1) is 0 Å². The number of carbonyl (C=O) groups excluding carboxylic acids is 2. The van der Waals surface area contributed by atoms with Crippen molar-refractivity contribution in [1.82, 2.24) is 0 Å². The number of ketones is 1. The summed E-state index contributed by atoms with van der Waals surface area (Å²) in [4.78, 5) is 25.5. The molecule has 31 heavy (non-hydrogen) atoms. The van der Waals surface area contributed by atoms with Gasteiger partial charge in [0.15, 0.2) is 5.78 Å². The standard InChI is InChI=1S/C26H25NO4/c1-20(28)19-31-25-17-9-11-22(21(25)2)12-10-18-30-26(29)27(23-13-5-3-6-14-23)24-15-7-4-8-16-24/h3-17H,18-19H2,1-2H3/b12-10-. The maximum atomic E-state index is 12.8. The molecule has 0 atom stereocenters. The lowest BCUT2D eigenvalue weighted by Gasteiger charge is -2.22. The lowest BCUT2D eigenvalue weighted by atomic mass is 10.1. The minimum absolute atomic E-state index is 0.0337. The first kappa shape index (κ1) is 21.8. The highest BCUT2D eigenvalue weighted by molar-refractivity contribution is 5.96. The Morgan fingerprint density at radius 3 is 2.06 bits per heavy atom. The second kappa shape index (κ2) is 10.8. The molecule has 3 rings (SSSR count). The van der Waals surface area contributed by atoms with Crippen LogP contribution in [0.1, 0.15) is 18.1 Å². The zero-order chi connectivity index (χ0) is 22.1. The van der Waals surface area contributed by atoms with Crippen molar-refractivity contribution in [2.75, 3.05) is 18.1 Å². The Bertz CT molecular complexity index is 1010. The van der Waals surface area contributed by atoms with Crippen LogP contribution in [0.15, 0.2) is 84.9 Å². The van der Waals surface area contributed by atoms with Crippen molar-refractivity contribution in [3.8, 4) is 5.75 Å². The lowest BCUT2D eigenvalue weighted by Crippen LogP contribution is -2.26. The Kier molecular flexibility index (Phi) is 7.60. The number of rotatable bonds is 8. The van der Waals surface area contributed by atoms with E-state index in [9.17, 15) is 9.59 Å². The van der Waals surface area contributed by atoms with E-state index in [1.165, 1.54) is 11.8 Å². The van der Waals surface area contributed by atoms with E-state index in [0.29, 0.717) is 5.75 Å². The summed E-state index contributed by atoms with van der Waals surface area (Å²) in [7, 11) is 0. The summed E-state index contributed by atoms with van der Waals surface area (Å²) in [6.45, 7) is 3.57. The molecular formula is C26H25NO4. The minimum atomic E-state index is -0.461. The minimum Gasteiger partial charge on any atom is -0.486 e. The number of para-hydroxylation sites is 2. The molecule has 158 valence electrons. The zero-order valence-corrected chi connectivity index (χ0v) is 17.7. The number of benzene rings is 3. The second-order valence-corrected chi connectivity index (χ2v) is 6.95. The van der Waals surface area contributed by atoms with Crippen molar-refractivity contribution >= 4 is 29.3 Å². The predicted octanol–water partition coefficient (Wildman–Crippen LogP) is 5.95. The maximum Gasteiger partial charge on any atom is 0.419 e. The number of anilines is 2. The molecule has 0 aliphatic carbocycles. The van der Waals surface area contributed by atoms with Gasteiger partial charge in [0.25, 0.3) is 0 Å². The Balaban J connectivity index is 1.67. The molecule has 0 aliphatic rings. The van der Waals surface area contributed by atoms with Crippen LogP contribution in [0.2, 0.25) is 0 Å².